The number of carboxylic acids is 1. The van der Waals surface area contributed by atoms with Crippen molar-refractivity contribution in [1.29, 1.82) is 0 Å². The first kappa shape index (κ1) is 14.6. The van der Waals surface area contributed by atoms with Gasteiger partial charge in [0.15, 0.2) is 0 Å². The summed E-state index contributed by atoms with van der Waals surface area (Å²) in [6.45, 7) is 2.58. The Morgan fingerprint density at radius 2 is 2.28 bits per heavy atom. The minimum atomic E-state index is -0.817. The molecule has 2 N–H and O–H groups in total. The predicted molar refractivity (Wildman–Crippen MR) is 69.1 cm³/mol. The first-order valence-corrected chi connectivity index (χ1v) is 6.34. The molecule has 100 valence electrons. The molecule has 1 aromatic rings. The largest absolute Gasteiger partial charge is 0.480 e. The second-order valence-corrected chi connectivity index (χ2v) is 4.37. The molecule has 0 aromatic heterocycles. The standard InChI is InChI=1S/C14H20FNO2/c1-2-3-7-13(14(17)18)16-9-8-11-5-4-6-12(15)10-11/h4-6,10,13,16H,2-3,7-9H2,1H3,(H,17,18). The van der Waals surface area contributed by atoms with Gasteiger partial charge in [-0.3, -0.25) is 4.79 Å². The lowest BCUT2D eigenvalue weighted by Gasteiger charge is -2.13. The zero-order valence-electron chi connectivity index (χ0n) is 10.7. The van der Waals surface area contributed by atoms with Gasteiger partial charge in [-0.25, -0.2) is 4.39 Å². The molecule has 0 saturated heterocycles. The van der Waals surface area contributed by atoms with E-state index in [4.69, 9.17) is 5.11 Å². The molecule has 1 rings (SSSR count). The number of aliphatic carboxylic acids is 1. The first-order valence-electron chi connectivity index (χ1n) is 6.34. The number of rotatable bonds is 8. The molecule has 0 spiro atoms. The highest BCUT2D eigenvalue weighted by Crippen LogP contribution is 2.05. The summed E-state index contributed by atoms with van der Waals surface area (Å²) in [7, 11) is 0. The molecule has 3 nitrogen and oxygen atoms in total. The predicted octanol–water partition coefficient (Wildman–Crippen LogP) is 2.60. The van der Waals surface area contributed by atoms with Gasteiger partial charge in [-0.15, -0.1) is 0 Å². The number of nitrogens with one attached hydrogen (secondary N) is 1. The van der Waals surface area contributed by atoms with Gasteiger partial charge < -0.3 is 10.4 Å². The minimum absolute atomic E-state index is 0.256. The van der Waals surface area contributed by atoms with Crippen molar-refractivity contribution in [1.82, 2.24) is 5.32 Å². The van der Waals surface area contributed by atoms with E-state index in [0.717, 1.165) is 18.4 Å². The van der Waals surface area contributed by atoms with Crippen molar-refractivity contribution in [2.24, 2.45) is 0 Å². The molecule has 1 atom stereocenters. The van der Waals surface area contributed by atoms with Crippen LogP contribution in [0.1, 0.15) is 31.7 Å². The second kappa shape index (κ2) is 7.82. The smallest absolute Gasteiger partial charge is 0.320 e. The van der Waals surface area contributed by atoms with Crippen molar-refractivity contribution in [3.05, 3.63) is 35.6 Å². The van der Waals surface area contributed by atoms with Crippen molar-refractivity contribution in [2.75, 3.05) is 6.54 Å². The maximum absolute atomic E-state index is 12.9. The summed E-state index contributed by atoms with van der Waals surface area (Å²) >= 11 is 0. The molecule has 4 heteroatoms. The SMILES string of the molecule is CCCCC(NCCc1cccc(F)c1)C(=O)O. The average molecular weight is 253 g/mol. The Bertz CT molecular complexity index is 382. The Morgan fingerprint density at radius 3 is 2.89 bits per heavy atom. The normalized spacial score (nSPS) is 12.3. The number of hydrogen-bond acceptors (Lipinski definition) is 2. The van der Waals surface area contributed by atoms with Crippen LogP contribution in [-0.2, 0) is 11.2 Å². The van der Waals surface area contributed by atoms with Crippen molar-refractivity contribution < 1.29 is 14.3 Å². The zero-order chi connectivity index (χ0) is 13.4. The van der Waals surface area contributed by atoms with E-state index in [2.05, 4.69) is 5.32 Å². The van der Waals surface area contributed by atoms with Gasteiger partial charge in [0.1, 0.15) is 11.9 Å². The molecule has 0 saturated carbocycles. The summed E-state index contributed by atoms with van der Waals surface area (Å²) in [6, 6.07) is 5.88. The molecule has 0 bridgehead atoms. The monoisotopic (exact) mass is 253 g/mol. The number of benzene rings is 1. The van der Waals surface area contributed by atoms with E-state index in [1.54, 1.807) is 6.07 Å². The Balaban J connectivity index is 2.36. The van der Waals surface area contributed by atoms with Gasteiger partial charge in [0.05, 0.1) is 0 Å². The Hall–Kier alpha value is -1.42. The number of halogens is 1. The maximum Gasteiger partial charge on any atom is 0.320 e. The van der Waals surface area contributed by atoms with Crippen LogP contribution in [0.25, 0.3) is 0 Å². The molecule has 0 amide bonds. The highest BCUT2D eigenvalue weighted by Gasteiger charge is 2.15. The summed E-state index contributed by atoms with van der Waals surface area (Å²) in [6.07, 6.45) is 3.14. The van der Waals surface area contributed by atoms with Gasteiger partial charge in [0.25, 0.3) is 0 Å². The van der Waals surface area contributed by atoms with E-state index < -0.39 is 12.0 Å². The molecule has 0 fully saturated rings. The molecule has 0 aliphatic rings. The molecule has 1 aromatic carbocycles. The molecular formula is C14H20FNO2. The zero-order valence-corrected chi connectivity index (χ0v) is 10.7. The quantitative estimate of drug-likeness (QED) is 0.748. The van der Waals surface area contributed by atoms with Gasteiger partial charge in [0, 0.05) is 0 Å². The van der Waals surface area contributed by atoms with Crippen LogP contribution in [0.15, 0.2) is 24.3 Å². The van der Waals surface area contributed by atoms with Crippen LogP contribution in [0.5, 0.6) is 0 Å². The Morgan fingerprint density at radius 1 is 1.50 bits per heavy atom. The molecule has 1 unspecified atom stereocenters. The van der Waals surface area contributed by atoms with Gasteiger partial charge in [-0.1, -0.05) is 31.9 Å². The topological polar surface area (TPSA) is 49.3 Å². The van der Waals surface area contributed by atoms with Crippen molar-refractivity contribution in [2.45, 2.75) is 38.6 Å². The highest BCUT2D eigenvalue weighted by atomic mass is 19.1. The summed E-state index contributed by atoms with van der Waals surface area (Å²) < 4.78 is 12.9. The first-order chi connectivity index (χ1) is 8.63. The molecule has 18 heavy (non-hydrogen) atoms. The maximum atomic E-state index is 12.9. The number of carbonyl (C=O) groups is 1. The van der Waals surface area contributed by atoms with E-state index in [0.29, 0.717) is 19.4 Å². The van der Waals surface area contributed by atoms with E-state index in [1.807, 2.05) is 13.0 Å². The van der Waals surface area contributed by atoms with Crippen molar-refractivity contribution in [3.8, 4) is 0 Å². The molecule has 0 aliphatic carbocycles. The minimum Gasteiger partial charge on any atom is -0.480 e. The third kappa shape index (κ3) is 5.27. The van der Waals surface area contributed by atoms with Gasteiger partial charge in [-0.2, -0.15) is 0 Å². The van der Waals surface area contributed by atoms with Gasteiger partial charge in [0.2, 0.25) is 0 Å². The van der Waals surface area contributed by atoms with E-state index in [9.17, 15) is 9.18 Å². The van der Waals surface area contributed by atoms with Crippen LogP contribution in [0, 0.1) is 5.82 Å². The third-order valence-electron chi connectivity index (χ3n) is 2.84. The van der Waals surface area contributed by atoms with Crippen LogP contribution < -0.4 is 5.32 Å². The van der Waals surface area contributed by atoms with Gasteiger partial charge >= 0.3 is 5.97 Å². The van der Waals surface area contributed by atoms with Crippen molar-refractivity contribution >= 4 is 5.97 Å². The third-order valence-corrected chi connectivity index (χ3v) is 2.84. The number of unbranched alkanes of at least 4 members (excludes halogenated alkanes) is 1. The lowest BCUT2D eigenvalue weighted by molar-refractivity contribution is -0.139. The number of hydrogen-bond donors (Lipinski definition) is 2. The van der Waals surface area contributed by atoms with Crippen molar-refractivity contribution in [3.63, 3.8) is 0 Å². The van der Waals surface area contributed by atoms with Gasteiger partial charge in [-0.05, 0) is 37.1 Å². The van der Waals surface area contributed by atoms with E-state index in [1.165, 1.54) is 12.1 Å². The van der Waals surface area contributed by atoms with E-state index in [-0.39, 0.29) is 5.82 Å². The molecule has 0 radical (unpaired) electrons. The van der Waals surface area contributed by atoms with Crippen LogP contribution >= 0.6 is 0 Å². The van der Waals surface area contributed by atoms with Crippen LogP contribution in [0.2, 0.25) is 0 Å². The summed E-state index contributed by atoms with van der Waals surface area (Å²) in [5.74, 6) is -1.07. The summed E-state index contributed by atoms with van der Waals surface area (Å²) in [5, 5.41) is 12.0. The summed E-state index contributed by atoms with van der Waals surface area (Å²) in [4.78, 5) is 11.0. The Kier molecular flexibility index (Phi) is 6.36. The lowest BCUT2D eigenvalue weighted by Crippen LogP contribution is -2.37. The average Bonchev–Trinajstić information content (AvgIpc) is 2.33. The molecule has 0 aliphatic heterocycles. The lowest BCUT2D eigenvalue weighted by atomic mass is 10.1. The molecule has 0 heterocycles. The fraction of sp³-hybridized carbons (Fsp3) is 0.500. The Labute approximate surface area is 107 Å². The van der Waals surface area contributed by atoms with E-state index >= 15 is 0 Å². The van der Waals surface area contributed by atoms with Crippen LogP contribution in [0.4, 0.5) is 4.39 Å². The highest BCUT2D eigenvalue weighted by molar-refractivity contribution is 5.73. The summed E-state index contributed by atoms with van der Waals surface area (Å²) in [5.41, 5.74) is 0.877. The molecular weight excluding hydrogens is 233 g/mol. The van der Waals surface area contributed by atoms with Crippen LogP contribution in [-0.4, -0.2) is 23.7 Å². The van der Waals surface area contributed by atoms with Crippen LogP contribution in [0.3, 0.4) is 0 Å². The fourth-order valence-electron chi connectivity index (χ4n) is 1.80. The fourth-order valence-corrected chi connectivity index (χ4v) is 1.80. The number of carboxylic acid groups (broad SMARTS) is 1. The second-order valence-electron chi connectivity index (χ2n) is 4.37.